The predicted molar refractivity (Wildman–Crippen MR) is 70.0 cm³/mol. The van der Waals surface area contributed by atoms with Crippen molar-refractivity contribution in [3.63, 3.8) is 0 Å². The minimum Gasteiger partial charge on any atom is -0.444 e. The summed E-state index contributed by atoms with van der Waals surface area (Å²) in [7, 11) is 0. The molecule has 0 fully saturated rings. The van der Waals surface area contributed by atoms with E-state index in [-0.39, 0.29) is 5.76 Å². The zero-order valence-electron chi connectivity index (χ0n) is 8.98. The van der Waals surface area contributed by atoms with Crippen LogP contribution in [0.1, 0.15) is 24.7 Å². The molecule has 0 aliphatic rings. The van der Waals surface area contributed by atoms with E-state index >= 15 is 0 Å². The smallest absolute Gasteiger partial charge is 0.208 e. The molecule has 2 rings (SSSR count). The van der Waals surface area contributed by atoms with Crippen molar-refractivity contribution in [1.29, 1.82) is 5.26 Å². The second-order valence-corrected chi connectivity index (χ2v) is 4.82. The van der Waals surface area contributed by atoms with E-state index in [1.165, 1.54) is 6.07 Å². The first-order valence-corrected chi connectivity index (χ1v) is 6.22. The number of rotatable bonds is 2. The maximum absolute atomic E-state index is 9.03. The van der Waals surface area contributed by atoms with E-state index in [4.69, 9.17) is 44.5 Å². The first-order chi connectivity index (χ1) is 8.10. The van der Waals surface area contributed by atoms with Gasteiger partial charge in [-0.2, -0.15) is 5.26 Å². The highest BCUT2D eigenvalue weighted by atomic mass is 35.5. The predicted octanol–water partition coefficient (Wildman–Crippen LogP) is 5.22. The van der Waals surface area contributed by atoms with E-state index in [2.05, 4.69) is 0 Å². The SMILES string of the molecule is CCCc1c(C#N)oc2c(Cl)cc(Cl)c(Cl)c12. The number of halogens is 3. The van der Waals surface area contributed by atoms with Crippen molar-refractivity contribution in [3.8, 4) is 6.07 Å². The molecule has 1 aromatic heterocycles. The lowest BCUT2D eigenvalue weighted by molar-refractivity contribution is 0.593. The van der Waals surface area contributed by atoms with Gasteiger partial charge in [0.25, 0.3) is 0 Å². The summed E-state index contributed by atoms with van der Waals surface area (Å²) >= 11 is 18.2. The Morgan fingerprint density at radius 2 is 2.00 bits per heavy atom. The fraction of sp³-hybridized carbons (Fsp3) is 0.250. The second kappa shape index (κ2) is 4.78. The first-order valence-electron chi connectivity index (χ1n) is 5.09. The van der Waals surface area contributed by atoms with Crippen LogP contribution in [0.5, 0.6) is 0 Å². The molecule has 0 radical (unpaired) electrons. The molecule has 1 aromatic carbocycles. The van der Waals surface area contributed by atoms with Gasteiger partial charge in [0.15, 0.2) is 5.58 Å². The van der Waals surface area contributed by atoms with Crippen molar-refractivity contribution >= 4 is 45.8 Å². The fourth-order valence-electron chi connectivity index (χ4n) is 1.80. The molecule has 1 heterocycles. The highest BCUT2D eigenvalue weighted by Crippen LogP contribution is 2.40. The van der Waals surface area contributed by atoms with E-state index in [1.54, 1.807) is 0 Å². The number of fused-ring (bicyclic) bond motifs is 1. The summed E-state index contributed by atoms with van der Waals surface area (Å²) in [6.07, 6.45) is 1.58. The lowest BCUT2D eigenvalue weighted by atomic mass is 10.1. The van der Waals surface area contributed by atoms with Gasteiger partial charge in [-0.15, -0.1) is 0 Å². The maximum atomic E-state index is 9.03. The van der Waals surface area contributed by atoms with Crippen LogP contribution in [0.25, 0.3) is 11.0 Å². The van der Waals surface area contributed by atoms with Gasteiger partial charge in [-0.3, -0.25) is 0 Å². The molecule has 0 amide bonds. The Bertz CT molecular complexity index is 625. The van der Waals surface area contributed by atoms with Crippen molar-refractivity contribution in [2.24, 2.45) is 0 Å². The summed E-state index contributed by atoms with van der Waals surface area (Å²) in [5, 5.41) is 10.8. The molecule has 0 saturated heterocycles. The van der Waals surface area contributed by atoms with Crippen molar-refractivity contribution in [2.45, 2.75) is 19.8 Å². The Morgan fingerprint density at radius 1 is 1.29 bits per heavy atom. The normalized spacial score (nSPS) is 10.8. The van der Waals surface area contributed by atoms with Crippen molar-refractivity contribution in [2.75, 3.05) is 0 Å². The van der Waals surface area contributed by atoms with Gasteiger partial charge in [0.05, 0.1) is 15.1 Å². The van der Waals surface area contributed by atoms with Crippen LogP contribution in [0.3, 0.4) is 0 Å². The molecule has 0 spiro atoms. The zero-order valence-corrected chi connectivity index (χ0v) is 11.2. The van der Waals surface area contributed by atoms with Gasteiger partial charge in [0.1, 0.15) is 6.07 Å². The molecule has 0 aliphatic heterocycles. The zero-order chi connectivity index (χ0) is 12.6. The molecule has 0 N–H and O–H groups in total. The molecule has 5 heteroatoms. The number of nitrogens with zero attached hydrogens (tertiary/aromatic N) is 1. The van der Waals surface area contributed by atoms with E-state index in [1.807, 2.05) is 13.0 Å². The molecule has 0 unspecified atom stereocenters. The van der Waals surface area contributed by atoms with Crippen LogP contribution in [0.15, 0.2) is 10.5 Å². The molecular formula is C12H8Cl3NO. The van der Waals surface area contributed by atoms with Crippen LogP contribution in [-0.4, -0.2) is 0 Å². The Hall–Kier alpha value is -0.880. The summed E-state index contributed by atoms with van der Waals surface area (Å²) in [5.41, 5.74) is 1.21. The Labute approximate surface area is 114 Å². The summed E-state index contributed by atoms with van der Waals surface area (Å²) in [5.74, 6) is 0.257. The van der Waals surface area contributed by atoms with Crippen LogP contribution in [0, 0.1) is 11.3 Å². The Morgan fingerprint density at radius 3 is 2.59 bits per heavy atom. The van der Waals surface area contributed by atoms with Gasteiger partial charge < -0.3 is 4.42 Å². The van der Waals surface area contributed by atoms with Gasteiger partial charge in [0.2, 0.25) is 5.76 Å². The molecule has 2 nitrogen and oxygen atoms in total. The molecule has 0 saturated carbocycles. The molecular weight excluding hydrogens is 280 g/mol. The highest BCUT2D eigenvalue weighted by Gasteiger charge is 2.20. The topological polar surface area (TPSA) is 36.9 Å². The monoisotopic (exact) mass is 287 g/mol. The van der Waals surface area contributed by atoms with E-state index < -0.39 is 0 Å². The lowest BCUT2D eigenvalue weighted by Crippen LogP contribution is -1.85. The van der Waals surface area contributed by atoms with Crippen LogP contribution >= 0.6 is 34.8 Å². The van der Waals surface area contributed by atoms with Crippen molar-refractivity contribution in [1.82, 2.24) is 0 Å². The van der Waals surface area contributed by atoms with Crippen molar-refractivity contribution < 1.29 is 4.42 Å². The number of furan rings is 1. The summed E-state index contributed by atoms with van der Waals surface area (Å²) in [6.45, 7) is 2.01. The lowest BCUT2D eigenvalue weighted by Gasteiger charge is -2.01. The summed E-state index contributed by atoms with van der Waals surface area (Å²) < 4.78 is 5.43. The number of hydrogen-bond donors (Lipinski definition) is 0. The molecule has 0 aliphatic carbocycles. The third-order valence-electron chi connectivity index (χ3n) is 2.51. The average Bonchev–Trinajstić information content (AvgIpc) is 2.66. The van der Waals surface area contributed by atoms with Crippen LogP contribution in [0.4, 0.5) is 0 Å². The van der Waals surface area contributed by atoms with Gasteiger partial charge in [-0.1, -0.05) is 48.1 Å². The average molecular weight is 289 g/mol. The number of aryl methyl sites for hydroxylation is 1. The summed E-state index contributed by atoms with van der Waals surface area (Å²) in [4.78, 5) is 0. The molecule has 88 valence electrons. The molecule has 0 bridgehead atoms. The van der Waals surface area contributed by atoms with Crippen LogP contribution < -0.4 is 0 Å². The maximum Gasteiger partial charge on any atom is 0.208 e. The number of benzene rings is 1. The summed E-state index contributed by atoms with van der Waals surface area (Å²) in [6, 6.07) is 3.54. The van der Waals surface area contributed by atoms with E-state index in [9.17, 15) is 0 Å². The molecule has 0 atom stereocenters. The minimum absolute atomic E-state index is 0.257. The molecule has 17 heavy (non-hydrogen) atoms. The largest absolute Gasteiger partial charge is 0.444 e. The van der Waals surface area contributed by atoms with Crippen LogP contribution in [0.2, 0.25) is 15.1 Å². The van der Waals surface area contributed by atoms with E-state index in [0.717, 1.165) is 12.0 Å². The minimum atomic E-state index is 0.257. The Balaban J connectivity index is 2.90. The number of hydrogen-bond acceptors (Lipinski definition) is 2. The molecule has 2 aromatic rings. The number of nitriles is 1. The van der Waals surface area contributed by atoms with E-state index in [0.29, 0.717) is 32.5 Å². The van der Waals surface area contributed by atoms with Gasteiger partial charge in [-0.25, -0.2) is 0 Å². The van der Waals surface area contributed by atoms with Crippen LogP contribution in [-0.2, 0) is 6.42 Å². The second-order valence-electron chi connectivity index (χ2n) is 3.63. The van der Waals surface area contributed by atoms with Crippen molar-refractivity contribution in [3.05, 3.63) is 32.5 Å². The van der Waals surface area contributed by atoms with Gasteiger partial charge in [0, 0.05) is 10.9 Å². The third kappa shape index (κ3) is 1.99. The third-order valence-corrected chi connectivity index (χ3v) is 3.58. The van der Waals surface area contributed by atoms with Gasteiger partial charge in [-0.05, 0) is 12.5 Å². The standard InChI is InChI=1S/C12H8Cl3NO/c1-2-3-6-9(5-16)17-12-8(14)4-7(13)11(15)10(6)12/h4H,2-3H2,1H3. The highest BCUT2D eigenvalue weighted by molar-refractivity contribution is 6.47. The van der Waals surface area contributed by atoms with Gasteiger partial charge >= 0.3 is 0 Å². The first kappa shape index (κ1) is 12.6. The quantitative estimate of drug-likeness (QED) is 0.711. The fourth-order valence-corrected chi connectivity index (χ4v) is 2.56. The Kier molecular flexibility index (Phi) is 3.53.